The third-order valence-electron chi connectivity index (χ3n) is 7.86. The number of benzene rings is 4. The fourth-order valence-corrected chi connectivity index (χ4v) is 5.52. The first-order valence-corrected chi connectivity index (χ1v) is 15.5. The number of aryl methyl sites for hydroxylation is 2. The maximum Gasteiger partial charge on any atom is 0.153 e. The van der Waals surface area contributed by atoms with Gasteiger partial charge in [0.2, 0.25) is 0 Å². The third kappa shape index (κ3) is 7.39. The van der Waals surface area contributed by atoms with Crippen LogP contribution in [-0.4, -0.2) is 15.0 Å². The summed E-state index contributed by atoms with van der Waals surface area (Å²) in [5, 5.41) is 1.04. The molecule has 0 aliphatic heterocycles. The van der Waals surface area contributed by atoms with Gasteiger partial charge in [-0.25, -0.2) is 0 Å². The largest absolute Gasteiger partial charge is 0.454 e. The van der Waals surface area contributed by atoms with Crippen molar-refractivity contribution in [3.63, 3.8) is 0 Å². The molecule has 0 aliphatic carbocycles. The van der Waals surface area contributed by atoms with Crippen LogP contribution in [0.2, 0.25) is 0 Å². The molecule has 0 N–H and O–H groups in total. The number of aromatic nitrogens is 3. The molecule has 8 rings (SSSR count). The molecule has 1 radical (unpaired) electrons. The summed E-state index contributed by atoms with van der Waals surface area (Å²) < 4.78 is 6.29. The van der Waals surface area contributed by atoms with Gasteiger partial charge in [0.05, 0.1) is 0 Å². The first-order valence-electron chi connectivity index (χ1n) is 15.5. The number of hydrogen-bond donors (Lipinski definition) is 0. The predicted octanol–water partition coefficient (Wildman–Crippen LogP) is 10.9. The Labute approximate surface area is 294 Å². The molecule has 0 unspecified atom stereocenters. The van der Waals surface area contributed by atoms with Gasteiger partial charge in [-0.15, -0.1) is 71.3 Å². The van der Waals surface area contributed by atoms with Crippen LogP contribution in [0.15, 0.2) is 156 Å². The zero-order valence-corrected chi connectivity index (χ0v) is 28.9. The Morgan fingerprint density at radius 2 is 1.19 bits per heavy atom. The van der Waals surface area contributed by atoms with E-state index in [0.717, 1.165) is 72.8 Å². The second kappa shape index (κ2) is 15.0. The molecular formula is C43H31IrN3O-2. The van der Waals surface area contributed by atoms with Crippen LogP contribution in [0.4, 0.5) is 0 Å². The molecule has 0 atom stereocenters. The van der Waals surface area contributed by atoms with E-state index in [1.165, 1.54) is 5.56 Å². The van der Waals surface area contributed by atoms with E-state index in [0.29, 0.717) is 0 Å². The van der Waals surface area contributed by atoms with E-state index in [2.05, 4.69) is 102 Å². The van der Waals surface area contributed by atoms with Crippen LogP contribution in [0.25, 0.3) is 67.2 Å². The predicted molar refractivity (Wildman–Crippen MR) is 190 cm³/mol. The summed E-state index contributed by atoms with van der Waals surface area (Å²) in [6.07, 6.45) is 5.45. The van der Waals surface area contributed by atoms with Crippen molar-refractivity contribution in [2.75, 3.05) is 0 Å². The Morgan fingerprint density at radius 3 is 1.92 bits per heavy atom. The number of fused-ring (bicyclic) bond motifs is 1. The van der Waals surface area contributed by atoms with Crippen molar-refractivity contribution in [1.82, 2.24) is 15.0 Å². The van der Waals surface area contributed by atoms with Crippen LogP contribution in [-0.2, 0) is 20.1 Å². The van der Waals surface area contributed by atoms with Crippen molar-refractivity contribution in [2.45, 2.75) is 13.8 Å². The van der Waals surface area contributed by atoms with E-state index in [-0.39, 0.29) is 20.1 Å². The minimum atomic E-state index is 0. The number of pyridine rings is 3. The maximum atomic E-state index is 6.29. The van der Waals surface area contributed by atoms with Gasteiger partial charge in [0, 0.05) is 44.1 Å². The number of rotatable bonds is 5. The van der Waals surface area contributed by atoms with Crippen LogP contribution in [0.1, 0.15) is 11.1 Å². The topological polar surface area (TPSA) is 51.8 Å². The van der Waals surface area contributed by atoms with Crippen LogP contribution in [0.5, 0.6) is 0 Å². The summed E-state index contributed by atoms with van der Waals surface area (Å²) in [6, 6.07) is 51.4. The molecule has 4 aromatic carbocycles. The van der Waals surface area contributed by atoms with Crippen LogP contribution < -0.4 is 0 Å². The third-order valence-corrected chi connectivity index (χ3v) is 7.86. The quantitative estimate of drug-likeness (QED) is 0.163. The fourth-order valence-electron chi connectivity index (χ4n) is 5.52. The Kier molecular flexibility index (Phi) is 10.1. The number of furan rings is 1. The van der Waals surface area contributed by atoms with E-state index in [1.807, 2.05) is 85.2 Å². The average molecular weight is 798 g/mol. The molecule has 5 heteroatoms. The smallest absolute Gasteiger partial charge is 0.153 e. The van der Waals surface area contributed by atoms with Gasteiger partial charge in [-0.3, -0.25) is 4.98 Å². The molecule has 0 amide bonds. The monoisotopic (exact) mass is 798 g/mol. The minimum absolute atomic E-state index is 0. The second-order valence-electron chi connectivity index (χ2n) is 11.3. The summed E-state index contributed by atoms with van der Waals surface area (Å²) in [7, 11) is 0. The zero-order valence-electron chi connectivity index (χ0n) is 26.5. The van der Waals surface area contributed by atoms with Gasteiger partial charge in [-0.2, -0.15) is 0 Å². The summed E-state index contributed by atoms with van der Waals surface area (Å²) in [4.78, 5) is 13.3. The Balaban J connectivity index is 0.000000260. The van der Waals surface area contributed by atoms with Gasteiger partial charge >= 0.3 is 0 Å². The van der Waals surface area contributed by atoms with Crippen LogP contribution in [0, 0.1) is 26.0 Å². The van der Waals surface area contributed by atoms with Gasteiger partial charge in [0.25, 0.3) is 0 Å². The van der Waals surface area contributed by atoms with Crippen LogP contribution >= 0.6 is 0 Å². The van der Waals surface area contributed by atoms with Crippen molar-refractivity contribution < 1.29 is 24.5 Å². The van der Waals surface area contributed by atoms with Crippen molar-refractivity contribution in [1.29, 1.82) is 0 Å². The molecule has 4 aromatic heterocycles. The fraction of sp³-hybridized carbons (Fsp3) is 0.0465. The molecule has 0 saturated carbocycles. The molecule has 235 valence electrons. The van der Waals surface area contributed by atoms with Crippen molar-refractivity contribution in [3.8, 4) is 56.2 Å². The van der Waals surface area contributed by atoms with E-state index in [9.17, 15) is 0 Å². The molecule has 4 nitrogen and oxygen atoms in total. The Bertz CT molecular complexity index is 2230. The average Bonchev–Trinajstić information content (AvgIpc) is 3.56. The zero-order chi connectivity index (χ0) is 32.0. The van der Waals surface area contributed by atoms with Crippen LogP contribution in [0.3, 0.4) is 0 Å². The molecule has 48 heavy (non-hydrogen) atoms. The van der Waals surface area contributed by atoms with Gasteiger partial charge in [-0.1, -0.05) is 54.1 Å². The first-order chi connectivity index (χ1) is 23.1. The van der Waals surface area contributed by atoms with Gasteiger partial charge < -0.3 is 14.4 Å². The minimum Gasteiger partial charge on any atom is -0.454 e. The molecule has 0 bridgehead atoms. The summed E-state index contributed by atoms with van der Waals surface area (Å²) in [6.45, 7) is 4.14. The SMILES string of the molecule is Cc1ccnc(-c2[c-]ccc(-c3cc4cc(-c5cc(C)ccn5)oc4cc3-c3ccccc3)c2)c1.[Ir].[c-]1ccccc1-c1ccccn1. The summed E-state index contributed by atoms with van der Waals surface area (Å²) in [5.41, 5.74) is 12.4. The number of nitrogens with zero attached hydrogens (tertiary/aromatic N) is 3. The second-order valence-corrected chi connectivity index (χ2v) is 11.3. The van der Waals surface area contributed by atoms with Gasteiger partial charge in [0.1, 0.15) is 11.3 Å². The number of hydrogen-bond acceptors (Lipinski definition) is 4. The molecule has 0 fully saturated rings. The maximum absolute atomic E-state index is 6.29. The van der Waals surface area contributed by atoms with Crippen molar-refractivity contribution in [2.24, 2.45) is 0 Å². The molecular weight excluding hydrogens is 767 g/mol. The first kappa shape index (κ1) is 32.5. The molecule has 0 saturated heterocycles. The van der Waals surface area contributed by atoms with Gasteiger partial charge in [0.15, 0.2) is 5.76 Å². The van der Waals surface area contributed by atoms with E-state index in [4.69, 9.17) is 4.42 Å². The summed E-state index contributed by atoms with van der Waals surface area (Å²) >= 11 is 0. The Hall–Kier alpha value is -5.48. The normalized spacial score (nSPS) is 10.5. The molecule has 8 aromatic rings. The Morgan fingerprint density at radius 1 is 0.500 bits per heavy atom. The standard InChI is InChI=1S/C32H23N2O.C11H8N.Ir/c1-21-11-13-33-29(15-21)25-10-6-9-24(17-25)27-18-26-19-32(30-16-22(2)12-14-34-30)35-31(26)20-28(27)23-7-4-3-5-8-23;1-2-6-10(7-3-1)11-8-4-5-9-12-11;/h3-9,11-20H,1-2H3;1-6,8-9H;/q2*-1;. The van der Waals surface area contributed by atoms with E-state index < -0.39 is 0 Å². The van der Waals surface area contributed by atoms with E-state index in [1.54, 1.807) is 6.20 Å². The summed E-state index contributed by atoms with van der Waals surface area (Å²) in [5.74, 6) is 0.769. The van der Waals surface area contributed by atoms with E-state index >= 15 is 0 Å². The van der Waals surface area contributed by atoms with Crippen molar-refractivity contribution >= 4 is 11.0 Å². The van der Waals surface area contributed by atoms with Crippen molar-refractivity contribution in [3.05, 3.63) is 175 Å². The van der Waals surface area contributed by atoms with Gasteiger partial charge in [-0.05, 0) is 90.0 Å². The molecule has 0 spiro atoms. The molecule has 0 aliphatic rings. The molecule has 4 heterocycles.